The maximum atomic E-state index is 13.0. The Bertz CT molecular complexity index is 1250. The number of nitrogens with zero attached hydrogens (tertiary/aromatic N) is 1. The van der Waals surface area contributed by atoms with Gasteiger partial charge in [-0.1, -0.05) is 24.9 Å². The molecule has 0 unspecified atom stereocenters. The fourth-order valence-electron chi connectivity index (χ4n) is 3.44. The van der Waals surface area contributed by atoms with E-state index in [1.807, 2.05) is 50.2 Å². The van der Waals surface area contributed by atoms with Crippen molar-refractivity contribution in [3.8, 4) is 5.75 Å². The number of furan rings is 1. The first-order valence-electron chi connectivity index (χ1n) is 10.0. The molecule has 0 saturated heterocycles. The predicted molar refractivity (Wildman–Crippen MR) is 121 cm³/mol. The monoisotopic (exact) mass is 422 g/mol. The normalized spacial score (nSPS) is 11.2. The van der Waals surface area contributed by atoms with Gasteiger partial charge >= 0.3 is 0 Å². The minimum absolute atomic E-state index is 0.270. The summed E-state index contributed by atoms with van der Waals surface area (Å²) in [5.74, 6) is 0.663. The molecule has 0 saturated carbocycles. The number of anilines is 1. The number of carbonyl (C=O) groups is 1. The number of pyridine rings is 1. The molecule has 0 aliphatic carbocycles. The Labute approximate surface area is 180 Å². The minimum atomic E-state index is -0.317. The lowest BCUT2D eigenvalue weighted by Gasteiger charge is -2.12. The molecule has 0 aliphatic rings. The van der Waals surface area contributed by atoms with Crippen molar-refractivity contribution in [3.63, 3.8) is 0 Å². The zero-order valence-electron chi connectivity index (χ0n) is 17.2. The van der Waals surface area contributed by atoms with Gasteiger partial charge in [0.05, 0.1) is 12.3 Å². The van der Waals surface area contributed by atoms with Crippen molar-refractivity contribution in [1.29, 1.82) is 0 Å². The molecule has 0 bridgehead atoms. The lowest BCUT2D eigenvalue weighted by atomic mass is 10.1. The fourth-order valence-corrected chi connectivity index (χ4v) is 3.60. The first-order chi connectivity index (χ1) is 14.5. The van der Waals surface area contributed by atoms with Crippen molar-refractivity contribution < 1.29 is 13.9 Å². The summed E-state index contributed by atoms with van der Waals surface area (Å²) in [6.45, 7) is 6.51. The van der Waals surface area contributed by atoms with E-state index in [0.717, 1.165) is 40.3 Å². The fraction of sp³-hybridized carbons (Fsp3) is 0.250. The highest BCUT2D eigenvalue weighted by molar-refractivity contribution is 6.32. The molecule has 0 atom stereocenters. The van der Waals surface area contributed by atoms with E-state index in [1.165, 1.54) is 0 Å². The Morgan fingerprint density at radius 3 is 2.83 bits per heavy atom. The summed E-state index contributed by atoms with van der Waals surface area (Å²) in [4.78, 5) is 17.5. The maximum Gasteiger partial charge on any atom is 0.291 e. The minimum Gasteiger partial charge on any atom is -0.491 e. The second kappa shape index (κ2) is 8.36. The van der Waals surface area contributed by atoms with E-state index in [9.17, 15) is 4.79 Å². The van der Waals surface area contributed by atoms with E-state index in [4.69, 9.17) is 20.8 Å². The van der Waals surface area contributed by atoms with Gasteiger partial charge in [0.1, 0.15) is 16.8 Å². The van der Waals surface area contributed by atoms with Gasteiger partial charge in [-0.3, -0.25) is 9.78 Å². The molecule has 0 radical (unpaired) electrons. The van der Waals surface area contributed by atoms with E-state index < -0.39 is 0 Å². The third-order valence-corrected chi connectivity index (χ3v) is 5.57. The van der Waals surface area contributed by atoms with Crippen molar-refractivity contribution in [2.24, 2.45) is 0 Å². The molecule has 0 fully saturated rings. The standard InChI is InChI=1S/C24H23ClN2O3/c1-4-5-11-29-20-9-8-19(16-7-6-10-26-22(16)20)27-24(28)23-15(3)17-13-18(25)14(2)12-21(17)30-23/h6-10,12-13H,4-5,11H2,1-3H3,(H,27,28). The summed E-state index contributed by atoms with van der Waals surface area (Å²) >= 11 is 6.24. The topological polar surface area (TPSA) is 64.4 Å². The Morgan fingerprint density at radius 1 is 1.20 bits per heavy atom. The number of aromatic nitrogens is 1. The average molecular weight is 423 g/mol. The van der Waals surface area contributed by atoms with Crippen LogP contribution in [0.3, 0.4) is 0 Å². The predicted octanol–water partition coefficient (Wildman–Crippen LogP) is 6.68. The van der Waals surface area contributed by atoms with E-state index in [-0.39, 0.29) is 11.7 Å². The van der Waals surface area contributed by atoms with Gasteiger partial charge in [0, 0.05) is 27.6 Å². The molecule has 0 spiro atoms. The number of ether oxygens (including phenoxy) is 1. The molecule has 4 rings (SSSR count). The summed E-state index contributed by atoms with van der Waals surface area (Å²) < 4.78 is 11.7. The van der Waals surface area contributed by atoms with Crippen LogP contribution < -0.4 is 10.1 Å². The SMILES string of the molecule is CCCCOc1ccc(NC(=O)c2oc3cc(C)c(Cl)cc3c2C)c2cccnc12. The van der Waals surface area contributed by atoms with E-state index in [2.05, 4.69) is 17.2 Å². The quantitative estimate of drug-likeness (QED) is 0.352. The van der Waals surface area contributed by atoms with Gasteiger partial charge in [-0.15, -0.1) is 0 Å². The molecule has 2 heterocycles. The van der Waals surface area contributed by atoms with E-state index >= 15 is 0 Å². The van der Waals surface area contributed by atoms with Crippen LogP contribution in [0.2, 0.25) is 5.02 Å². The largest absolute Gasteiger partial charge is 0.491 e. The molecule has 154 valence electrons. The summed E-state index contributed by atoms with van der Waals surface area (Å²) in [5, 5.41) is 5.26. The molecule has 1 amide bonds. The van der Waals surface area contributed by atoms with Crippen molar-refractivity contribution in [3.05, 3.63) is 64.5 Å². The number of amides is 1. The molecular formula is C24H23ClN2O3. The van der Waals surface area contributed by atoms with Crippen LogP contribution in [-0.2, 0) is 0 Å². The second-order valence-electron chi connectivity index (χ2n) is 7.32. The summed E-state index contributed by atoms with van der Waals surface area (Å²) in [5.41, 5.74) is 3.67. The van der Waals surface area contributed by atoms with Gasteiger partial charge < -0.3 is 14.5 Å². The number of halogens is 1. The van der Waals surface area contributed by atoms with Crippen LogP contribution in [0, 0.1) is 13.8 Å². The lowest BCUT2D eigenvalue weighted by Crippen LogP contribution is -2.12. The lowest BCUT2D eigenvalue weighted by molar-refractivity contribution is 0.0998. The van der Waals surface area contributed by atoms with Crippen LogP contribution in [0.15, 0.2) is 47.0 Å². The number of aryl methyl sites for hydroxylation is 2. The van der Waals surface area contributed by atoms with E-state index in [0.29, 0.717) is 28.6 Å². The van der Waals surface area contributed by atoms with Crippen molar-refractivity contribution in [1.82, 2.24) is 4.98 Å². The van der Waals surface area contributed by atoms with Gasteiger partial charge in [0.2, 0.25) is 0 Å². The van der Waals surface area contributed by atoms with Crippen molar-refractivity contribution in [2.75, 3.05) is 11.9 Å². The van der Waals surface area contributed by atoms with Crippen molar-refractivity contribution >= 4 is 45.1 Å². The number of unbranched alkanes of at least 4 members (excludes halogenated alkanes) is 1. The molecule has 1 N–H and O–H groups in total. The van der Waals surface area contributed by atoms with Crippen LogP contribution in [0.25, 0.3) is 21.9 Å². The van der Waals surface area contributed by atoms with Gasteiger partial charge in [-0.05, 0) is 62.2 Å². The Balaban J connectivity index is 1.68. The van der Waals surface area contributed by atoms with Crippen LogP contribution in [-0.4, -0.2) is 17.5 Å². The van der Waals surface area contributed by atoms with Gasteiger partial charge in [0.15, 0.2) is 5.76 Å². The van der Waals surface area contributed by atoms with Crippen LogP contribution in [0.1, 0.15) is 41.4 Å². The number of carbonyl (C=O) groups excluding carboxylic acids is 1. The summed E-state index contributed by atoms with van der Waals surface area (Å²) in [6, 6.07) is 11.1. The maximum absolute atomic E-state index is 13.0. The highest BCUT2D eigenvalue weighted by Gasteiger charge is 2.20. The average Bonchev–Trinajstić information content (AvgIpc) is 3.05. The first-order valence-corrected chi connectivity index (χ1v) is 10.4. The molecule has 2 aromatic heterocycles. The molecule has 30 heavy (non-hydrogen) atoms. The Hall–Kier alpha value is -3.05. The third-order valence-electron chi connectivity index (χ3n) is 5.16. The van der Waals surface area contributed by atoms with Gasteiger partial charge in [-0.2, -0.15) is 0 Å². The molecular weight excluding hydrogens is 400 g/mol. The van der Waals surface area contributed by atoms with Crippen molar-refractivity contribution in [2.45, 2.75) is 33.6 Å². The molecule has 6 heteroatoms. The van der Waals surface area contributed by atoms with Crippen LogP contribution in [0.5, 0.6) is 5.75 Å². The zero-order valence-corrected chi connectivity index (χ0v) is 18.0. The highest BCUT2D eigenvalue weighted by Crippen LogP contribution is 2.33. The first kappa shape index (κ1) is 20.2. The van der Waals surface area contributed by atoms with Gasteiger partial charge in [-0.25, -0.2) is 0 Å². The summed E-state index contributed by atoms with van der Waals surface area (Å²) in [6.07, 6.45) is 3.75. The van der Waals surface area contributed by atoms with Crippen LogP contribution >= 0.6 is 11.6 Å². The molecule has 4 aromatic rings. The Morgan fingerprint density at radius 2 is 2.03 bits per heavy atom. The number of hydrogen-bond acceptors (Lipinski definition) is 4. The number of benzene rings is 2. The number of fused-ring (bicyclic) bond motifs is 2. The van der Waals surface area contributed by atoms with E-state index in [1.54, 1.807) is 6.20 Å². The third kappa shape index (κ3) is 3.73. The Kier molecular flexibility index (Phi) is 5.64. The highest BCUT2D eigenvalue weighted by atomic mass is 35.5. The molecule has 5 nitrogen and oxygen atoms in total. The van der Waals surface area contributed by atoms with Gasteiger partial charge in [0.25, 0.3) is 5.91 Å². The smallest absolute Gasteiger partial charge is 0.291 e. The van der Waals surface area contributed by atoms with Crippen LogP contribution in [0.4, 0.5) is 5.69 Å². The summed E-state index contributed by atoms with van der Waals surface area (Å²) in [7, 11) is 0. The number of nitrogens with one attached hydrogen (secondary N) is 1. The molecule has 0 aliphatic heterocycles. The zero-order chi connectivity index (χ0) is 21.3. The molecule has 2 aromatic carbocycles. The number of rotatable bonds is 6. The second-order valence-corrected chi connectivity index (χ2v) is 7.73. The number of hydrogen-bond donors (Lipinski definition) is 1.